The third-order valence-electron chi connectivity index (χ3n) is 10.6. The molecule has 0 aliphatic carbocycles. The summed E-state index contributed by atoms with van der Waals surface area (Å²) in [5.41, 5.74) is 11.2. The average Bonchev–Trinajstić information content (AvgIpc) is 3.82. The number of amides is 10. The molecule has 0 unspecified atom stereocenters. The molecule has 10 amide bonds. The van der Waals surface area contributed by atoms with Gasteiger partial charge in [0.2, 0.25) is 47.3 Å². The highest BCUT2D eigenvalue weighted by Gasteiger charge is 2.38. The summed E-state index contributed by atoms with van der Waals surface area (Å²) in [6.07, 6.45) is 1.62. The lowest BCUT2D eigenvalue weighted by atomic mass is 9.82. The fourth-order valence-corrected chi connectivity index (χ4v) is 7.52. The maximum atomic E-state index is 15.3. The first-order valence-corrected chi connectivity index (χ1v) is 21.6. The number of aliphatic hydroxyl groups excluding tert-OH is 1. The van der Waals surface area contributed by atoms with Crippen LogP contribution in [-0.2, 0) is 54.5 Å². The van der Waals surface area contributed by atoms with E-state index in [1.807, 2.05) is 30.3 Å². The molecule has 10 N–H and O–H groups in total. The van der Waals surface area contributed by atoms with E-state index in [0.717, 1.165) is 42.8 Å². The van der Waals surface area contributed by atoms with Crippen LogP contribution in [0.2, 0.25) is 0 Å². The lowest BCUT2D eigenvalue weighted by molar-refractivity contribution is -0.141. The number of aliphatic hydroxyl groups is 1. The number of imide groups is 1. The van der Waals surface area contributed by atoms with Gasteiger partial charge in [-0.25, -0.2) is 8.78 Å². The van der Waals surface area contributed by atoms with Crippen LogP contribution in [0.15, 0.2) is 72.9 Å². The molecular weight excluding hydrogens is 907 g/mol. The van der Waals surface area contributed by atoms with Crippen LogP contribution in [0.1, 0.15) is 64.3 Å². The van der Waals surface area contributed by atoms with Gasteiger partial charge in [0, 0.05) is 68.3 Å². The van der Waals surface area contributed by atoms with Crippen LogP contribution in [0.4, 0.5) is 8.78 Å². The molecule has 370 valence electrons. The average molecular weight is 963 g/mol. The van der Waals surface area contributed by atoms with Gasteiger partial charge in [0.1, 0.15) is 42.9 Å². The Kier molecular flexibility index (Phi) is 18.9. The number of benzene rings is 2. The Bertz CT molecular complexity index is 2460. The molecule has 69 heavy (non-hydrogen) atoms. The molecule has 3 aromatic rings. The maximum Gasteiger partial charge on any atom is 0.254 e. The normalized spacial score (nSPS) is 14.0. The van der Waals surface area contributed by atoms with Gasteiger partial charge in [-0.2, -0.15) is 0 Å². The van der Waals surface area contributed by atoms with E-state index in [1.54, 1.807) is 37.6 Å². The topological polar surface area (TPSA) is 315 Å². The number of nitrogens with zero attached hydrogens (tertiary/aromatic N) is 3. The summed E-state index contributed by atoms with van der Waals surface area (Å²) >= 11 is 0. The van der Waals surface area contributed by atoms with Crippen molar-refractivity contribution in [2.45, 2.75) is 77.7 Å². The van der Waals surface area contributed by atoms with Crippen molar-refractivity contribution in [1.82, 2.24) is 41.0 Å². The molecule has 4 rings (SSSR count). The van der Waals surface area contributed by atoms with Crippen molar-refractivity contribution in [3.63, 3.8) is 0 Å². The molecule has 0 fully saturated rings. The van der Waals surface area contributed by atoms with Crippen molar-refractivity contribution in [1.29, 1.82) is 0 Å². The largest absolute Gasteiger partial charge is 0.387 e. The Balaban J connectivity index is 1.70. The standard InChI is InChI=1S/C46H56F2N10O11/c1-26(60)53-33(43(50)67)21-37(62)54-34(20-36(49)61)45(69)55-32(44(68)52-16-15-51-38(63)24-58-39(64)12-13-40(58)65)14-17-57(41(66)25-59)42(46(2,3)4)35-18-28(30-19-29(47)10-11-31(30)48)23-56(35)22-27-8-6-5-7-9-27/h5-13,18-19,23,32-34,42,59H,14-17,20-22,24-25H2,1-4H3,(H2,49,61)(H2,50,67)(H,51,63)(H,52,68)(H,53,60)(H,54,62)(H,55,69)/t32-,33+,34-,42-/m0/s1. The SMILES string of the molecule is CC(=O)N[C@H](CC(=O)N[C@@H](CC(N)=O)C(=O)N[C@@H](CCN(C(=O)CO)[C@@H](c1cc(-c2cc(F)ccc2F)cn1Cc1ccccc1)C(C)(C)C)C(=O)NCCNC(=O)CN1C(=O)C=CC1=O)C(N)=O. The molecule has 2 aromatic carbocycles. The van der Waals surface area contributed by atoms with E-state index in [0.29, 0.717) is 10.6 Å². The van der Waals surface area contributed by atoms with Crippen LogP contribution in [0.3, 0.4) is 0 Å². The first kappa shape index (κ1) is 53.8. The third-order valence-corrected chi connectivity index (χ3v) is 10.6. The Labute approximate surface area is 395 Å². The fourth-order valence-electron chi connectivity index (χ4n) is 7.52. The molecule has 0 saturated heterocycles. The van der Waals surface area contributed by atoms with Crippen LogP contribution in [0.25, 0.3) is 11.1 Å². The molecular formula is C46H56F2N10O11. The van der Waals surface area contributed by atoms with Gasteiger partial charge >= 0.3 is 0 Å². The van der Waals surface area contributed by atoms with Crippen molar-refractivity contribution < 1.29 is 61.8 Å². The monoisotopic (exact) mass is 962 g/mol. The van der Waals surface area contributed by atoms with Crippen molar-refractivity contribution in [2.24, 2.45) is 16.9 Å². The smallest absolute Gasteiger partial charge is 0.254 e. The number of carbonyl (C=O) groups excluding carboxylic acids is 10. The summed E-state index contributed by atoms with van der Waals surface area (Å²) in [6.45, 7) is 4.09. The van der Waals surface area contributed by atoms with Crippen LogP contribution in [0.5, 0.6) is 0 Å². The van der Waals surface area contributed by atoms with Crippen molar-refractivity contribution in [2.75, 3.05) is 32.8 Å². The van der Waals surface area contributed by atoms with Crippen molar-refractivity contribution in [3.8, 4) is 11.1 Å². The number of nitrogens with one attached hydrogen (secondary N) is 5. The summed E-state index contributed by atoms with van der Waals surface area (Å²) in [6, 6.07) is 7.83. The zero-order chi connectivity index (χ0) is 51.2. The Hall–Kier alpha value is -7.82. The van der Waals surface area contributed by atoms with E-state index >= 15 is 4.39 Å². The molecule has 1 aliphatic heterocycles. The van der Waals surface area contributed by atoms with E-state index in [1.165, 1.54) is 4.90 Å². The summed E-state index contributed by atoms with van der Waals surface area (Å²) in [4.78, 5) is 129. The van der Waals surface area contributed by atoms with Gasteiger partial charge in [-0.3, -0.25) is 52.8 Å². The Morgan fingerprint density at radius 1 is 0.783 bits per heavy atom. The minimum absolute atomic E-state index is 0.0701. The van der Waals surface area contributed by atoms with Gasteiger partial charge in [0.25, 0.3) is 11.8 Å². The molecule has 2 heterocycles. The highest BCUT2D eigenvalue weighted by atomic mass is 19.1. The second kappa shape index (κ2) is 24.3. The number of primary amides is 2. The van der Waals surface area contributed by atoms with Gasteiger partial charge in [0.05, 0.1) is 18.9 Å². The lowest BCUT2D eigenvalue weighted by Gasteiger charge is -2.41. The van der Waals surface area contributed by atoms with Crippen LogP contribution < -0.4 is 38.1 Å². The first-order chi connectivity index (χ1) is 32.5. The van der Waals surface area contributed by atoms with Crippen LogP contribution >= 0.6 is 0 Å². The van der Waals surface area contributed by atoms with Crippen molar-refractivity contribution >= 4 is 59.1 Å². The molecule has 0 saturated carbocycles. The third kappa shape index (κ3) is 15.6. The van der Waals surface area contributed by atoms with E-state index in [-0.39, 0.29) is 37.3 Å². The van der Waals surface area contributed by atoms with Crippen molar-refractivity contribution in [3.05, 3.63) is 95.8 Å². The molecule has 0 bridgehead atoms. The van der Waals surface area contributed by atoms with E-state index in [9.17, 15) is 57.4 Å². The maximum absolute atomic E-state index is 15.3. The number of halogens is 2. The number of aromatic nitrogens is 1. The second-order valence-corrected chi connectivity index (χ2v) is 17.1. The number of hydrogen-bond acceptors (Lipinski definition) is 11. The minimum atomic E-state index is -1.76. The van der Waals surface area contributed by atoms with Gasteiger partial charge in [-0.1, -0.05) is 51.1 Å². The molecule has 1 aliphatic rings. The van der Waals surface area contributed by atoms with Gasteiger partial charge < -0.3 is 52.6 Å². The van der Waals surface area contributed by atoms with E-state index in [4.69, 9.17) is 11.5 Å². The number of rotatable bonds is 24. The lowest BCUT2D eigenvalue weighted by Crippen LogP contribution is -2.56. The van der Waals surface area contributed by atoms with E-state index < -0.39 is 133 Å². The quantitative estimate of drug-likeness (QED) is 0.0405. The molecule has 0 radical (unpaired) electrons. The van der Waals surface area contributed by atoms with Gasteiger partial charge in [0.15, 0.2) is 0 Å². The summed E-state index contributed by atoms with van der Waals surface area (Å²) in [5.74, 6) is -10.3. The highest BCUT2D eigenvalue weighted by molar-refractivity contribution is 6.14. The van der Waals surface area contributed by atoms with E-state index in [2.05, 4.69) is 26.6 Å². The Morgan fingerprint density at radius 2 is 1.43 bits per heavy atom. The summed E-state index contributed by atoms with van der Waals surface area (Å²) in [7, 11) is 0. The minimum Gasteiger partial charge on any atom is -0.387 e. The molecule has 1 aromatic heterocycles. The highest BCUT2D eigenvalue weighted by Crippen LogP contribution is 2.41. The molecule has 21 nitrogen and oxygen atoms in total. The number of hydrogen-bond donors (Lipinski definition) is 8. The predicted molar refractivity (Wildman–Crippen MR) is 242 cm³/mol. The number of nitrogens with two attached hydrogens (primary N) is 2. The summed E-state index contributed by atoms with van der Waals surface area (Å²) in [5, 5.41) is 22.3. The molecule has 23 heteroatoms. The van der Waals surface area contributed by atoms with Gasteiger partial charge in [-0.05, 0) is 41.7 Å². The summed E-state index contributed by atoms with van der Waals surface area (Å²) < 4.78 is 31.6. The Morgan fingerprint density at radius 3 is 2.03 bits per heavy atom. The van der Waals surface area contributed by atoms with Gasteiger partial charge in [-0.15, -0.1) is 0 Å². The number of carbonyl (C=O) groups is 10. The zero-order valence-electron chi connectivity index (χ0n) is 38.4. The second-order valence-electron chi connectivity index (χ2n) is 17.1. The predicted octanol–water partition coefficient (Wildman–Crippen LogP) is -0.838. The zero-order valence-corrected chi connectivity index (χ0v) is 38.4. The fraction of sp³-hybridized carbons (Fsp3) is 0.391. The molecule has 0 spiro atoms. The first-order valence-electron chi connectivity index (χ1n) is 21.6. The molecule has 4 atom stereocenters. The van der Waals surface area contributed by atoms with Crippen LogP contribution in [-0.4, -0.2) is 129 Å². The van der Waals surface area contributed by atoms with Crippen LogP contribution in [0, 0.1) is 17.0 Å².